The lowest BCUT2D eigenvalue weighted by Crippen LogP contribution is -2.10. The average molecular weight is 368 g/mol. The molecule has 2 aromatic heterocycles. The third-order valence-corrected chi connectivity index (χ3v) is 3.02. The first-order chi connectivity index (χ1) is 6.63. The second-order valence-electron chi connectivity index (χ2n) is 2.60. The number of aldehydes is 1. The molecule has 2 heterocycles. The molecule has 0 aliphatic heterocycles. The summed E-state index contributed by atoms with van der Waals surface area (Å²) < 4.78 is 7.20. The molecule has 0 saturated carbocycles. The number of furan rings is 1. The molecule has 0 amide bonds. The number of hydrogen-bond donors (Lipinski definition) is 0. The molecule has 0 unspecified atom stereocenters. The Morgan fingerprint density at radius 1 is 1.57 bits per heavy atom. The van der Waals surface area contributed by atoms with E-state index in [1.54, 1.807) is 6.20 Å². The van der Waals surface area contributed by atoms with E-state index in [1.807, 2.05) is 22.9 Å². The van der Waals surface area contributed by atoms with Gasteiger partial charge in [0.05, 0.1) is 32.7 Å². The SMILES string of the molecule is O=Cc1cc2c(=O)n(I)cc(Br)c2o1. The highest BCUT2D eigenvalue weighted by atomic mass is 127. The van der Waals surface area contributed by atoms with Gasteiger partial charge in [-0.2, -0.15) is 0 Å². The van der Waals surface area contributed by atoms with Crippen LogP contribution in [0.3, 0.4) is 0 Å². The lowest BCUT2D eigenvalue weighted by atomic mass is 10.3. The lowest BCUT2D eigenvalue weighted by molar-refractivity contribution is 0.110. The fraction of sp³-hybridized carbons (Fsp3) is 0. The van der Waals surface area contributed by atoms with Crippen LogP contribution >= 0.6 is 38.8 Å². The molecule has 0 aliphatic rings. The summed E-state index contributed by atoms with van der Waals surface area (Å²) in [7, 11) is 0. The summed E-state index contributed by atoms with van der Waals surface area (Å²) in [5.41, 5.74) is 0.214. The molecular weight excluding hydrogens is 365 g/mol. The number of carbonyl (C=O) groups excluding carboxylic acids is 1. The van der Waals surface area contributed by atoms with Crippen LogP contribution in [0.1, 0.15) is 10.6 Å². The number of pyridine rings is 1. The molecule has 0 aliphatic carbocycles. The summed E-state index contributed by atoms with van der Waals surface area (Å²) >= 11 is 5.11. The quantitative estimate of drug-likeness (QED) is 0.574. The first-order valence-electron chi connectivity index (χ1n) is 3.59. The number of rotatable bonds is 1. The minimum absolute atomic E-state index is 0.153. The van der Waals surface area contributed by atoms with Crippen molar-refractivity contribution in [2.75, 3.05) is 0 Å². The van der Waals surface area contributed by atoms with Gasteiger partial charge in [0.15, 0.2) is 17.6 Å². The van der Waals surface area contributed by atoms with Gasteiger partial charge in [0, 0.05) is 12.3 Å². The van der Waals surface area contributed by atoms with Crippen molar-refractivity contribution in [1.29, 1.82) is 0 Å². The zero-order valence-corrected chi connectivity index (χ0v) is 10.4. The van der Waals surface area contributed by atoms with E-state index in [-0.39, 0.29) is 11.3 Å². The summed E-state index contributed by atoms with van der Waals surface area (Å²) in [6.45, 7) is 0. The molecule has 0 radical (unpaired) electrons. The van der Waals surface area contributed by atoms with Crippen LogP contribution in [-0.2, 0) is 0 Å². The molecule has 4 nitrogen and oxygen atoms in total. The molecule has 0 bridgehead atoms. The first kappa shape index (κ1) is 9.91. The second-order valence-corrected chi connectivity index (χ2v) is 4.50. The summed E-state index contributed by atoms with van der Waals surface area (Å²) in [4.78, 5) is 22.0. The van der Waals surface area contributed by atoms with Crippen molar-refractivity contribution in [1.82, 2.24) is 2.78 Å². The largest absolute Gasteiger partial charge is 0.452 e. The third-order valence-electron chi connectivity index (χ3n) is 1.74. The van der Waals surface area contributed by atoms with Crippen molar-refractivity contribution in [3.8, 4) is 0 Å². The molecule has 72 valence electrons. The van der Waals surface area contributed by atoms with Crippen LogP contribution in [0, 0.1) is 0 Å². The Morgan fingerprint density at radius 2 is 2.29 bits per heavy atom. The summed E-state index contributed by atoms with van der Waals surface area (Å²) in [5, 5.41) is 0.399. The van der Waals surface area contributed by atoms with E-state index in [1.165, 1.54) is 8.85 Å². The highest BCUT2D eigenvalue weighted by Crippen LogP contribution is 2.24. The van der Waals surface area contributed by atoms with Crippen LogP contribution in [0.4, 0.5) is 0 Å². The maximum atomic E-state index is 11.6. The standard InChI is InChI=1S/C8H3BrINO3/c9-6-2-11(10)8(13)5-1-4(3-12)14-7(5)6/h1-3H. The van der Waals surface area contributed by atoms with Crippen molar-refractivity contribution >= 4 is 56.0 Å². The Bertz CT molecular complexity index is 572. The molecule has 2 rings (SSSR count). The van der Waals surface area contributed by atoms with Crippen LogP contribution in [0.5, 0.6) is 0 Å². The van der Waals surface area contributed by atoms with E-state index >= 15 is 0 Å². The van der Waals surface area contributed by atoms with Gasteiger partial charge in [0.2, 0.25) is 0 Å². The summed E-state index contributed by atoms with van der Waals surface area (Å²) in [6.07, 6.45) is 2.16. The Morgan fingerprint density at radius 3 is 2.93 bits per heavy atom. The van der Waals surface area contributed by atoms with E-state index in [4.69, 9.17) is 4.42 Å². The number of halogens is 2. The molecular formula is C8H3BrINO3. The minimum Gasteiger partial charge on any atom is -0.452 e. The maximum absolute atomic E-state index is 11.6. The summed E-state index contributed by atoms with van der Waals surface area (Å²) in [5.74, 6) is 0.153. The van der Waals surface area contributed by atoms with Crippen molar-refractivity contribution in [3.05, 3.63) is 32.8 Å². The van der Waals surface area contributed by atoms with Gasteiger partial charge in [-0.3, -0.25) is 12.4 Å². The summed E-state index contributed by atoms with van der Waals surface area (Å²) in [6, 6.07) is 1.44. The van der Waals surface area contributed by atoms with Crippen molar-refractivity contribution < 1.29 is 9.21 Å². The predicted octanol–water partition coefficient (Wildman–Crippen LogP) is 2.37. The van der Waals surface area contributed by atoms with Gasteiger partial charge in [-0.1, -0.05) is 0 Å². The minimum atomic E-state index is -0.194. The zero-order valence-electron chi connectivity index (χ0n) is 6.66. The zero-order chi connectivity index (χ0) is 10.3. The Kier molecular flexibility index (Phi) is 2.48. The van der Waals surface area contributed by atoms with Crippen LogP contribution in [0.25, 0.3) is 11.0 Å². The van der Waals surface area contributed by atoms with Crippen molar-refractivity contribution in [2.45, 2.75) is 0 Å². The highest BCUT2D eigenvalue weighted by molar-refractivity contribution is 14.1. The molecule has 0 aromatic carbocycles. The van der Waals surface area contributed by atoms with Crippen molar-refractivity contribution in [2.24, 2.45) is 0 Å². The Balaban J connectivity index is 2.98. The fourth-order valence-electron chi connectivity index (χ4n) is 1.14. The lowest BCUT2D eigenvalue weighted by Gasteiger charge is -1.95. The number of aromatic nitrogens is 1. The molecule has 0 N–H and O–H groups in total. The van der Waals surface area contributed by atoms with Gasteiger partial charge in [-0.25, -0.2) is 0 Å². The molecule has 0 saturated heterocycles. The fourth-order valence-corrected chi connectivity index (χ4v) is 2.56. The smallest absolute Gasteiger partial charge is 0.270 e. The monoisotopic (exact) mass is 367 g/mol. The van der Waals surface area contributed by atoms with Gasteiger partial charge < -0.3 is 4.42 Å². The molecule has 0 atom stereocenters. The van der Waals surface area contributed by atoms with Gasteiger partial charge in [0.1, 0.15) is 0 Å². The number of fused-ring (bicyclic) bond motifs is 1. The topological polar surface area (TPSA) is 52.2 Å². The van der Waals surface area contributed by atoms with Gasteiger partial charge >= 0.3 is 0 Å². The Labute approximate surface area is 101 Å². The van der Waals surface area contributed by atoms with E-state index < -0.39 is 0 Å². The number of hydrogen-bond acceptors (Lipinski definition) is 3. The highest BCUT2D eigenvalue weighted by Gasteiger charge is 2.11. The molecule has 0 fully saturated rings. The number of carbonyl (C=O) groups is 1. The molecule has 6 heteroatoms. The van der Waals surface area contributed by atoms with E-state index in [9.17, 15) is 9.59 Å². The Hall–Kier alpha value is -0.630. The van der Waals surface area contributed by atoms with Gasteiger partial charge in [-0.15, -0.1) is 0 Å². The van der Waals surface area contributed by atoms with Crippen LogP contribution < -0.4 is 5.56 Å². The third kappa shape index (κ3) is 1.42. The van der Waals surface area contributed by atoms with Gasteiger partial charge in [0.25, 0.3) is 5.56 Å². The van der Waals surface area contributed by atoms with Gasteiger partial charge in [-0.05, 0) is 15.9 Å². The number of nitrogens with zero attached hydrogens (tertiary/aromatic N) is 1. The van der Waals surface area contributed by atoms with Crippen LogP contribution in [0.2, 0.25) is 0 Å². The second kappa shape index (κ2) is 3.50. The maximum Gasteiger partial charge on any atom is 0.270 e. The average Bonchev–Trinajstić information content (AvgIpc) is 2.58. The van der Waals surface area contributed by atoms with E-state index in [2.05, 4.69) is 15.9 Å². The molecule has 14 heavy (non-hydrogen) atoms. The molecule has 2 aromatic rings. The van der Waals surface area contributed by atoms with Crippen molar-refractivity contribution in [3.63, 3.8) is 0 Å². The normalized spacial score (nSPS) is 10.7. The van der Waals surface area contributed by atoms with E-state index in [0.717, 1.165) is 0 Å². The van der Waals surface area contributed by atoms with E-state index in [0.29, 0.717) is 21.7 Å². The first-order valence-corrected chi connectivity index (χ1v) is 5.35. The van der Waals surface area contributed by atoms with Crippen LogP contribution in [-0.4, -0.2) is 9.07 Å². The predicted molar refractivity (Wildman–Crippen MR) is 63.0 cm³/mol. The molecule has 0 spiro atoms. The van der Waals surface area contributed by atoms with Crippen LogP contribution in [0.15, 0.2) is 25.9 Å².